The Balaban J connectivity index is 1.70. The minimum absolute atomic E-state index is 0.102. The van der Waals surface area contributed by atoms with Gasteiger partial charge in [0, 0.05) is 16.4 Å². The molecule has 0 radical (unpaired) electrons. The fraction of sp³-hybridized carbons (Fsp3) is 0.125. The van der Waals surface area contributed by atoms with Crippen LogP contribution in [0.25, 0.3) is 0 Å². The number of hydrogen-bond acceptors (Lipinski definition) is 3. The molecule has 2 aromatic carbocycles. The highest BCUT2D eigenvalue weighted by Gasteiger charge is 2.07. The summed E-state index contributed by atoms with van der Waals surface area (Å²) < 4.78 is 13.0. The van der Waals surface area contributed by atoms with E-state index in [-0.39, 0.29) is 23.3 Å². The molecule has 0 aromatic heterocycles. The fourth-order valence-corrected chi connectivity index (χ4v) is 2.47. The van der Waals surface area contributed by atoms with Crippen LogP contribution in [0.5, 0.6) is 0 Å². The first-order chi connectivity index (χ1) is 11.0. The summed E-state index contributed by atoms with van der Waals surface area (Å²) >= 11 is 6.93. The minimum atomic E-state index is -0.419. The normalized spacial score (nSPS) is 10.2. The van der Waals surface area contributed by atoms with E-state index in [1.807, 2.05) is 0 Å². The van der Waals surface area contributed by atoms with Crippen molar-refractivity contribution in [1.29, 1.82) is 0 Å². The summed E-state index contributed by atoms with van der Waals surface area (Å²) in [7, 11) is 0. The fourth-order valence-electron chi connectivity index (χ4n) is 1.73. The molecule has 0 aliphatic carbocycles. The largest absolute Gasteiger partial charge is 0.325 e. The van der Waals surface area contributed by atoms with E-state index in [1.54, 1.807) is 30.3 Å². The zero-order chi connectivity index (χ0) is 16.7. The number of carbonyl (C=O) groups is 2. The molecule has 120 valence electrons. The summed E-state index contributed by atoms with van der Waals surface area (Å²) in [5.74, 6) is -0.683. The van der Waals surface area contributed by atoms with Crippen LogP contribution in [0, 0.1) is 5.82 Å². The first kappa shape index (κ1) is 17.3. The predicted molar refractivity (Wildman–Crippen MR) is 92.4 cm³/mol. The number of benzene rings is 2. The minimum Gasteiger partial charge on any atom is -0.325 e. The van der Waals surface area contributed by atoms with E-state index in [0.717, 1.165) is 0 Å². The van der Waals surface area contributed by atoms with Crippen LogP contribution in [0.3, 0.4) is 0 Å². The summed E-state index contributed by atoms with van der Waals surface area (Å²) in [6, 6.07) is 12.4. The predicted octanol–water partition coefficient (Wildman–Crippen LogP) is 3.79. The molecule has 0 saturated heterocycles. The van der Waals surface area contributed by atoms with Gasteiger partial charge < -0.3 is 10.6 Å². The van der Waals surface area contributed by atoms with E-state index < -0.39 is 5.82 Å². The van der Waals surface area contributed by atoms with Gasteiger partial charge in [-0.1, -0.05) is 17.7 Å². The van der Waals surface area contributed by atoms with E-state index in [9.17, 15) is 14.0 Å². The lowest BCUT2D eigenvalue weighted by molar-refractivity contribution is -0.114. The van der Waals surface area contributed by atoms with Crippen LogP contribution in [0.4, 0.5) is 15.8 Å². The topological polar surface area (TPSA) is 58.2 Å². The molecule has 0 saturated carbocycles. The zero-order valence-corrected chi connectivity index (χ0v) is 13.6. The third kappa shape index (κ3) is 6.30. The van der Waals surface area contributed by atoms with Gasteiger partial charge in [-0.25, -0.2) is 4.39 Å². The third-order valence-electron chi connectivity index (χ3n) is 2.70. The van der Waals surface area contributed by atoms with Crippen molar-refractivity contribution in [1.82, 2.24) is 0 Å². The summed E-state index contributed by atoms with van der Waals surface area (Å²) in [6.07, 6.45) is 0. The second-order valence-corrected chi connectivity index (χ2v) is 6.03. The molecular formula is C16H14ClFN2O2S. The third-order valence-corrected chi connectivity index (χ3v) is 3.89. The van der Waals surface area contributed by atoms with Gasteiger partial charge >= 0.3 is 0 Å². The Morgan fingerprint density at radius 3 is 2.17 bits per heavy atom. The van der Waals surface area contributed by atoms with Crippen molar-refractivity contribution in [2.24, 2.45) is 0 Å². The molecule has 0 spiro atoms. The highest BCUT2D eigenvalue weighted by molar-refractivity contribution is 8.00. The van der Waals surface area contributed by atoms with Crippen LogP contribution < -0.4 is 10.6 Å². The molecule has 0 fully saturated rings. The van der Waals surface area contributed by atoms with Crippen molar-refractivity contribution in [2.75, 3.05) is 22.1 Å². The molecule has 4 nitrogen and oxygen atoms in total. The van der Waals surface area contributed by atoms with Gasteiger partial charge in [0.05, 0.1) is 11.5 Å². The van der Waals surface area contributed by atoms with Crippen LogP contribution in [0.1, 0.15) is 0 Å². The number of thioether (sulfide) groups is 1. The summed E-state index contributed by atoms with van der Waals surface area (Å²) in [5.41, 5.74) is 1.03. The number of amides is 2. The number of carbonyl (C=O) groups excluding carboxylic acids is 2. The molecule has 0 atom stereocenters. The zero-order valence-electron chi connectivity index (χ0n) is 12.0. The van der Waals surface area contributed by atoms with E-state index in [2.05, 4.69) is 10.6 Å². The molecule has 0 bridgehead atoms. The Labute approximate surface area is 142 Å². The number of nitrogens with one attached hydrogen (secondary N) is 2. The summed E-state index contributed by atoms with van der Waals surface area (Å²) in [6.45, 7) is 0. The van der Waals surface area contributed by atoms with Gasteiger partial charge in [0.25, 0.3) is 0 Å². The molecule has 0 aliphatic heterocycles. The Bertz CT molecular complexity index is 695. The standard InChI is InChI=1S/C16H14ClFN2O2S/c17-11-4-6-13(7-5-11)19-15(21)9-23-10-16(22)20-14-3-1-2-12(18)8-14/h1-8H,9-10H2,(H,19,21)(H,20,22). The average molecular weight is 353 g/mol. The molecule has 0 unspecified atom stereocenters. The van der Waals surface area contributed by atoms with Crippen LogP contribution in [0.15, 0.2) is 48.5 Å². The maximum atomic E-state index is 13.0. The molecule has 0 heterocycles. The molecule has 2 rings (SSSR count). The molecule has 0 aliphatic rings. The van der Waals surface area contributed by atoms with Crippen molar-refractivity contribution in [3.8, 4) is 0 Å². The lowest BCUT2D eigenvalue weighted by atomic mass is 10.3. The summed E-state index contributed by atoms with van der Waals surface area (Å²) in [5, 5.41) is 5.86. The van der Waals surface area contributed by atoms with Gasteiger partial charge in [0.2, 0.25) is 11.8 Å². The monoisotopic (exact) mass is 352 g/mol. The van der Waals surface area contributed by atoms with Gasteiger partial charge in [-0.3, -0.25) is 9.59 Å². The smallest absolute Gasteiger partial charge is 0.234 e. The van der Waals surface area contributed by atoms with Gasteiger partial charge in [0.15, 0.2) is 0 Å². The van der Waals surface area contributed by atoms with Gasteiger partial charge in [0.1, 0.15) is 5.82 Å². The van der Waals surface area contributed by atoms with E-state index in [1.165, 1.54) is 30.0 Å². The number of hydrogen-bond donors (Lipinski definition) is 2. The average Bonchev–Trinajstić information content (AvgIpc) is 2.49. The molecule has 2 amide bonds. The number of anilines is 2. The lowest BCUT2D eigenvalue weighted by Crippen LogP contribution is -2.18. The highest BCUT2D eigenvalue weighted by Crippen LogP contribution is 2.14. The Kier molecular flexibility index (Phi) is 6.43. The molecule has 2 aromatic rings. The molecular weight excluding hydrogens is 339 g/mol. The second kappa shape index (κ2) is 8.55. The summed E-state index contributed by atoms with van der Waals surface area (Å²) in [4.78, 5) is 23.4. The van der Waals surface area contributed by atoms with Crippen LogP contribution >= 0.6 is 23.4 Å². The lowest BCUT2D eigenvalue weighted by Gasteiger charge is -2.06. The van der Waals surface area contributed by atoms with Gasteiger partial charge in [-0.15, -0.1) is 11.8 Å². The second-order valence-electron chi connectivity index (χ2n) is 4.61. The molecule has 23 heavy (non-hydrogen) atoms. The Hall–Kier alpha value is -2.05. The van der Waals surface area contributed by atoms with E-state index >= 15 is 0 Å². The number of rotatable bonds is 6. The van der Waals surface area contributed by atoms with Crippen LogP contribution in [0.2, 0.25) is 5.02 Å². The first-order valence-corrected chi connectivity index (χ1v) is 8.25. The van der Waals surface area contributed by atoms with Gasteiger partial charge in [-0.05, 0) is 42.5 Å². The molecule has 2 N–H and O–H groups in total. The highest BCUT2D eigenvalue weighted by atomic mass is 35.5. The van der Waals surface area contributed by atoms with Crippen molar-refractivity contribution in [3.05, 3.63) is 59.4 Å². The maximum absolute atomic E-state index is 13.0. The van der Waals surface area contributed by atoms with Crippen molar-refractivity contribution >= 4 is 46.6 Å². The quantitative estimate of drug-likeness (QED) is 0.831. The first-order valence-electron chi connectivity index (χ1n) is 6.71. The van der Waals surface area contributed by atoms with Crippen LogP contribution in [-0.2, 0) is 9.59 Å². The Morgan fingerprint density at radius 1 is 0.957 bits per heavy atom. The molecule has 7 heteroatoms. The van der Waals surface area contributed by atoms with Crippen LogP contribution in [-0.4, -0.2) is 23.3 Å². The van der Waals surface area contributed by atoms with E-state index in [4.69, 9.17) is 11.6 Å². The number of halogens is 2. The van der Waals surface area contributed by atoms with Crippen molar-refractivity contribution in [3.63, 3.8) is 0 Å². The van der Waals surface area contributed by atoms with Gasteiger partial charge in [-0.2, -0.15) is 0 Å². The SMILES string of the molecule is O=C(CSCC(=O)Nc1cccc(F)c1)Nc1ccc(Cl)cc1. The Morgan fingerprint density at radius 2 is 1.57 bits per heavy atom. The van der Waals surface area contributed by atoms with Crippen molar-refractivity contribution in [2.45, 2.75) is 0 Å². The van der Waals surface area contributed by atoms with E-state index in [0.29, 0.717) is 16.4 Å². The van der Waals surface area contributed by atoms with Crippen molar-refractivity contribution < 1.29 is 14.0 Å². The maximum Gasteiger partial charge on any atom is 0.234 e.